The first-order chi connectivity index (χ1) is 9.53. The maximum absolute atomic E-state index is 2.54. The quantitative estimate of drug-likeness (QED) is 0.614. The molecule has 0 heteroatoms. The first kappa shape index (κ1) is 13.7. The van der Waals surface area contributed by atoms with E-state index in [-0.39, 0.29) is 0 Å². The molecule has 3 rings (SSSR count). The van der Waals surface area contributed by atoms with Crippen molar-refractivity contribution in [2.75, 3.05) is 0 Å². The Bertz CT molecular complexity index is 537. The van der Waals surface area contributed by atoms with Crippen molar-refractivity contribution in [2.24, 2.45) is 5.41 Å². The van der Waals surface area contributed by atoms with E-state index in [1.54, 1.807) is 16.7 Å². The van der Waals surface area contributed by atoms with Gasteiger partial charge in [-0.05, 0) is 48.7 Å². The average Bonchev–Trinajstić information content (AvgIpc) is 2.79. The first-order valence-electron chi connectivity index (χ1n) is 7.99. The summed E-state index contributed by atoms with van der Waals surface area (Å²) in [5.74, 6) is 0.650. The van der Waals surface area contributed by atoms with Crippen molar-refractivity contribution in [3.8, 4) is 0 Å². The second kappa shape index (κ2) is 5.24. The molecule has 1 aromatic rings. The average molecular weight is 266 g/mol. The molecule has 2 aliphatic rings. The minimum Gasteiger partial charge on any atom is -0.0653 e. The standard InChI is InChI=1S/C20H26/c1-20(2,3)14-15-12-17-10-7-11-18(19(17)13-15)16-8-5-4-6-9-16/h4-6,8-9,13,18H,7,10-12,14H2,1-3H3. The van der Waals surface area contributed by atoms with Crippen LogP contribution in [-0.2, 0) is 0 Å². The Morgan fingerprint density at radius 2 is 1.85 bits per heavy atom. The highest BCUT2D eigenvalue weighted by Crippen LogP contribution is 2.46. The lowest BCUT2D eigenvalue weighted by Crippen LogP contribution is -2.07. The molecule has 1 unspecified atom stereocenters. The van der Waals surface area contributed by atoms with E-state index in [2.05, 4.69) is 57.2 Å². The Balaban J connectivity index is 1.86. The van der Waals surface area contributed by atoms with Gasteiger partial charge in [-0.15, -0.1) is 0 Å². The molecule has 0 saturated carbocycles. The zero-order valence-corrected chi connectivity index (χ0v) is 13.1. The van der Waals surface area contributed by atoms with Crippen LogP contribution in [0.4, 0.5) is 0 Å². The van der Waals surface area contributed by atoms with E-state index in [9.17, 15) is 0 Å². The molecule has 0 nitrogen and oxygen atoms in total. The molecular formula is C20H26. The largest absolute Gasteiger partial charge is 0.0653 e. The summed E-state index contributed by atoms with van der Waals surface area (Å²) in [7, 11) is 0. The molecule has 2 aliphatic carbocycles. The summed E-state index contributed by atoms with van der Waals surface area (Å²) in [6.07, 6.45) is 9.02. The Labute approximate surface area is 123 Å². The van der Waals surface area contributed by atoms with Crippen LogP contribution in [-0.4, -0.2) is 0 Å². The lowest BCUT2D eigenvalue weighted by Gasteiger charge is -2.24. The molecule has 0 saturated heterocycles. The molecule has 0 bridgehead atoms. The van der Waals surface area contributed by atoms with Crippen molar-refractivity contribution in [3.63, 3.8) is 0 Å². The van der Waals surface area contributed by atoms with Gasteiger partial charge in [0.2, 0.25) is 0 Å². The van der Waals surface area contributed by atoms with E-state index in [0.29, 0.717) is 11.3 Å². The highest BCUT2D eigenvalue weighted by atomic mass is 14.3. The Kier molecular flexibility index (Phi) is 3.58. The number of benzene rings is 1. The van der Waals surface area contributed by atoms with Crippen LogP contribution >= 0.6 is 0 Å². The summed E-state index contributed by atoms with van der Waals surface area (Å²) in [6.45, 7) is 7.04. The maximum atomic E-state index is 2.54. The molecule has 0 aromatic heterocycles. The second-order valence-electron chi connectivity index (χ2n) is 7.63. The predicted molar refractivity (Wildman–Crippen MR) is 86.8 cm³/mol. The van der Waals surface area contributed by atoms with Gasteiger partial charge in [-0.25, -0.2) is 0 Å². The lowest BCUT2D eigenvalue weighted by atomic mass is 9.80. The van der Waals surface area contributed by atoms with Crippen LogP contribution in [0.2, 0.25) is 0 Å². The summed E-state index contributed by atoms with van der Waals surface area (Å²) in [5, 5.41) is 0. The van der Waals surface area contributed by atoms with Crippen molar-refractivity contribution in [1.29, 1.82) is 0 Å². The minimum atomic E-state index is 0.405. The predicted octanol–water partition coefficient (Wildman–Crippen LogP) is 6.02. The molecule has 0 radical (unpaired) electrons. The van der Waals surface area contributed by atoms with Crippen LogP contribution in [0, 0.1) is 5.41 Å². The fraction of sp³-hybridized carbons (Fsp3) is 0.500. The lowest BCUT2D eigenvalue weighted by molar-refractivity contribution is 0.407. The van der Waals surface area contributed by atoms with Crippen LogP contribution in [0.25, 0.3) is 0 Å². The SMILES string of the molecule is CC(C)(C)CC1=CC2=C(CCCC2c2ccccc2)C1. The second-order valence-corrected chi connectivity index (χ2v) is 7.63. The van der Waals surface area contributed by atoms with Gasteiger partial charge in [-0.3, -0.25) is 0 Å². The minimum absolute atomic E-state index is 0.405. The van der Waals surface area contributed by atoms with E-state index in [1.165, 1.54) is 37.7 Å². The van der Waals surface area contributed by atoms with Crippen LogP contribution in [0.3, 0.4) is 0 Å². The van der Waals surface area contributed by atoms with Gasteiger partial charge in [0, 0.05) is 5.92 Å². The molecular weight excluding hydrogens is 240 g/mol. The molecule has 106 valence electrons. The van der Waals surface area contributed by atoms with E-state index >= 15 is 0 Å². The molecule has 0 spiro atoms. The van der Waals surface area contributed by atoms with E-state index in [1.807, 2.05) is 0 Å². The molecule has 0 amide bonds. The van der Waals surface area contributed by atoms with E-state index in [0.717, 1.165) is 0 Å². The van der Waals surface area contributed by atoms with Gasteiger partial charge < -0.3 is 0 Å². The normalized spacial score (nSPS) is 22.8. The van der Waals surface area contributed by atoms with Gasteiger partial charge in [-0.1, -0.05) is 68.3 Å². The van der Waals surface area contributed by atoms with Gasteiger partial charge in [-0.2, -0.15) is 0 Å². The molecule has 0 heterocycles. The van der Waals surface area contributed by atoms with Crippen LogP contribution in [0.1, 0.15) is 64.4 Å². The molecule has 0 fully saturated rings. The van der Waals surface area contributed by atoms with E-state index in [4.69, 9.17) is 0 Å². The van der Waals surface area contributed by atoms with Crippen molar-refractivity contribution < 1.29 is 0 Å². The summed E-state index contributed by atoms with van der Waals surface area (Å²) < 4.78 is 0. The highest BCUT2D eigenvalue weighted by Gasteiger charge is 2.28. The van der Waals surface area contributed by atoms with Gasteiger partial charge in [0.05, 0.1) is 0 Å². The van der Waals surface area contributed by atoms with Crippen LogP contribution in [0.5, 0.6) is 0 Å². The summed E-state index contributed by atoms with van der Waals surface area (Å²) >= 11 is 0. The Morgan fingerprint density at radius 3 is 2.55 bits per heavy atom. The molecule has 0 N–H and O–H groups in total. The first-order valence-corrected chi connectivity index (χ1v) is 7.99. The van der Waals surface area contributed by atoms with Crippen LogP contribution < -0.4 is 0 Å². The fourth-order valence-electron chi connectivity index (χ4n) is 3.83. The third-order valence-corrected chi connectivity index (χ3v) is 4.51. The van der Waals surface area contributed by atoms with Gasteiger partial charge in [0.25, 0.3) is 0 Å². The third-order valence-electron chi connectivity index (χ3n) is 4.51. The third kappa shape index (κ3) is 2.90. The maximum Gasteiger partial charge on any atom is 0.00891 e. The number of allylic oxidation sites excluding steroid dienone is 4. The summed E-state index contributed by atoms with van der Waals surface area (Å²) in [4.78, 5) is 0. The van der Waals surface area contributed by atoms with Crippen molar-refractivity contribution >= 4 is 0 Å². The molecule has 1 atom stereocenters. The van der Waals surface area contributed by atoms with Gasteiger partial charge in [0.1, 0.15) is 0 Å². The summed E-state index contributed by atoms with van der Waals surface area (Å²) in [5.41, 5.74) is 6.95. The zero-order chi connectivity index (χ0) is 14.2. The van der Waals surface area contributed by atoms with Gasteiger partial charge in [0.15, 0.2) is 0 Å². The monoisotopic (exact) mass is 266 g/mol. The van der Waals surface area contributed by atoms with Crippen molar-refractivity contribution in [2.45, 2.75) is 58.8 Å². The van der Waals surface area contributed by atoms with Crippen molar-refractivity contribution in [1.82, 2.24) is 0 Å². The van der Waals surface area contributed by atoms with Gasteiger partial charge >= 0.3 is 0 Å². The summed E-state index contributed by atoms with van der Waals surface area (Å²) in [6, 6.07) is 11.1. The van der Waals surface area contributed by atoms with Crippen molar-refractivity contribution in [3.05, 3.63) is 58.7 Å². The number of hydrogen-bond acceptors (Lipinski definition) is 0. The smallest absolute Gasteiger partial charge is 0.00891 e. The Morgan fingerprint density at radius 1 is 1.10 bits per heavy atom. The zero-order valence-electron chi connectivity index (χ0n) is 13.1. The Hall–Kier alpha value is -1.30. The highest BCUT2D eigenvalue weighted by molar-refractivity contribution is 5.47. The topological polar surface area (TPSA) is 0 Å². The molecule has 1 aromatic carbocycles. The number of hydrogen-bond donors (Lipinski definition) is 0. The molecule has 20 heavy (non-hydrogen) atoms. The number of rotatable bonds is 2. The van der Waals surface area contributed by atoms with E-state index < -0.39 is 0 Å². The fourth-order valence-corrected chi connectivity index (χ4v) is 3.83. The van der Waals surface area contributed by atoms with Crippen LogP contribution in [0.15, 0.2) is 53.1 Å². The molecule has 0 aliphatic heterocycles.